The molecule has 0 saturated heterocycles. The highest BCUT2D eigenvalue weighted by Crippen LogP contribution is 2.32. The topological polar surface area (TPSA) is 78.0 Å². The fraction of sp³-hybridized carbons (Fsp3) is 0.350. The summed E-state index contributed by atoms with van der Waals surface area (Å²) >= 11 is 5.98. The SMILES string of the molecule is CC1CCCCC1n1cnc2c(nnc3c(-c4ccc(Cl)cc4)cnn32)c1=O. The Morgan fingerprint density at radius 3 is 2.64 bits per heavy atom. The van der Waals surface area contributed by atoms with Crippen molar-refractivity contribution in [1.82, 2.24) is 29.4 Å². The summed E-state index contributed by atoms with van der Waals surface area (Å²) in [6.45, 7) is 2.20. The van der Waals surface area contributed by atoms with Gasteiger partial charge in [-0.05, 0) is 36.5 Å². The molecule has 3 heterocycles. The maximum atomic E-state index is 13.1. The lowest BCUT2D eigenvalue weighted by atomic mass is 9.86. The van der Waals surface area contributed by atoms with E-state index in [0.29, 0.717) is 22.2 Å². The van der Waals surface area contributed by atoms with Gasteiger partial charge in [0, 0.05) is 16.6 Å². The molecule has 142 valence electrons. The lowest BCUT2D eigenvalue weighted by Gasteiger charge is -2.29. The second-order valence-corrected chi connectivity index (χ2v) is 7.90. The summed E-state index contributed by atoms with van der Waals surface area (Å²) in [5, 5.41) is 13.6. The highest BCUT2D eigenvalue weighted by atomic mass is 35.5. The van der Waals surface area contributed by atoms with E-state index in [9.17, 15) is 4.79 Å². The number of hydrogen-bond acceptors (Lipinski definition) is 5. The number of halogens is 1. The summed E-state index contributed by atoms with van der Waals surface area (Å²) < 4.78 is 3.32. The summed E-state index contributed by atoms with van der Waals surface area (Å²) in [4.78, 5) is 17.6. The van der Waals surface area contributed by atoms with Gasteiger partial charge in [-0.25, -0.2) is 4.98 Å². The highest BCUT2D eigenvalue weighted by Gasteiger charge is 2.25. The molecule has 1 aromatic carbocycles. The Balaban J connectivity index is 1.66. The molecule has 2 atom stereocenters. The van der Waals surface area contributed by atoms with E-state index in [0.717, 1.165) is 30.4 Å². The third kappa shape index (κ3) is 2.69. The minimum atomic E-state index is -0.151. The lowest BCUT2D eigenvalue weighted by Crippen LogP contribution is -2.31. The van der Waals surface area contributed by atoms with E-state index in [4.69, 9.17) is 11.6 Å². The van der Waals surface area contributed by atoms with Crippen molar-refractivity contribution in [3.63, 3.8) is 0 Å². The minimum absolute atomic E-state index is 0.151. The molecule has 1 fully saturated rings. The van der Waals surface area contributed by atoms with Crippen molar-refractivity contribution in [3.05, 3.63) is 52.2 Å². The molecule has 0 spiro atoms. The number of fused-ring (bicyclic) bond motifs is 3. The zero-order valence-electron chi connectivity index (χ0n) is 15.4. The van der Waals surface area contributed by atoms with Crippen molar-refractivity contribution in [3.8, 4) is 11.1 Å². The van der Waals surface area contributed by atoms with E-state index in [1.807, 2.05) is 24.3 Å². The molecule has 28 heavy (non-hydrogen) atoms. The van der Waals surface area contributed by atoms with Crippen LogP contribution < -0.4 is 5.56 Å². The first kappa shape index (κ1) is 17.3. The molecule has 1 saturated carbocycles. The van der Waals surface area contributed by atoms with E-state index in [-0.39, 0.29) is 17.1 Å². The molecule has 0 aliphatic heterocycles. The molecule has 7 nitrogen and oxygen atoms in total. The van der Waals surface area contributed by atoms with Crippen LogP contribution in [-0.4, -0.2) is 29.4 Å². The molecule has 0 N–H and O–H groups in total. The molecule has 3 aromatic heterocycles. The molecule has 0 amide bonds. The van der Waals surface area contributed by atoms with Gasteiger partial charge in [-0.2, -0.15) is 9.61 Å². The Morgan fingerprint density at radius 2 is 1.86 bits per heavy atom. The summed E-state index contributed by atoms with van der Waals surface area (Å²) in [5.41, 5.74) is 2.83. The summed E-state index contributed by atoms with van der Waals surface area (Å²) in [6.07, 6.45) is 7.82. The van der Waals surface area contributed by atoms with E-state index in [1.165, 1.54) is 6.42 Å². The molecular formula is C20H19ClN6O. The van der Waals surface area contributed by atoms with Crippen LogP contribution in [0.4, 0.5) is 0 Å². The maximum absolute atomic E-state index is 13.1. The number of hydrogen-bond donors (Lipinski definition) is 0. The molecule has 2 unspecified atom stereocenters. The third-order valence-electron chi connectivity index (χ3n) is 5.72. The van der Waals surface area contributed by atoms with Crippen LogP contribution >= 0.6 is 11.6 Å². The average molecular weight is 395 g/mol. The molecular weight excluding hydrogens is 376 g/mol. The fourth-order valence-corrected chi connectivity index (χ4v) is 4.29. The van der Waals surface area contributed by atoms with E-state index >= 15 is 0 Å². The first-order valence-electron chi connectivity index (χ1n) is 9.50. The lowest BCUT2D eigenvalue weighted by molar-refractivity contribution is 0.251. The predicted octanol–water partition coefficient (Wildman–Crippen LogP) is 3.91. The van der Waals surface area contributed by atoms with Crippen LogP contribution in [0.1, 0.15) is 38.6 Å². The van der Waals surface area contributed by atoms with Crippen LogP contribution in [0.3, 0.4) is 0 Å². The average Bonchev–Trinajstić information content (AvgIpc) is 3.14. The molecule has 1 aliphatic rings. The van der Waals surface area contributed by atoms with Gasteiger partial charge in [0.15, 0.2) is 16.8 Å². The number of aromatic nitrogens is 6. The van der Waals surface area contributed by atoms with Crippen molar-refractivity contribution in [2.45, 2.75) is 38.6 Å². The highest BCUT2D eigenvalue weighted by molar-refractivity contribution is 6.30. The zero-order valence-corrected chi connectivity index (χ0v) is 16.2. The van der Waals surface area contributed by atoms with Crippen LogP contribution in [0.15, 0.2) is 41.6 Å². The first-order valence-corrected chi connectivity index (χ1v) is 9.88. The van der Waals surface area contributed by atoms with Gasteiger partial charge in [-0.15, -0.1) is 10.2 Å². The Bertz CT molecular complexity index is 1230. The third-order valence-corrected chi connectivity index (χ3v) is 5.97. The zero-order chi connectivity index (χ0) is 19.3. The number of benzene rings is 1. The van der Waals surface area contributed by atoms with Crippen molar-refractivity contribution in [1.29, 1.82) is 0 Å². The van der Waals surface area contributed by atoms with Crippen molar-refractivity contribution < 1.29 is 0 Å². The maximum Gasteiger partial charge on any atom is 0.283 e. The van der Waals surface area contributed by atoms with Gasteiger partial charge < -0.3 is 0 Å². The van der Waals surface area contributed by atoms with Crippen LogP contribution in [-0.2, 0) is 0 Å². The Hall–Kier alpha value is -2.80. The Morgan fingerprint density at radius 1 is 1.07 bits per heavy atom. The summed E-state index contributed by atoms with van der Waals surface area (Å²) in [6, 6.07) is 7.61. The largest absolute Gasteiger partial charge is 0.294 e. The monoisotopic (exact) mass is 394 g/mol. The second kappa shape index (κ2) is 6.67. The van der Waals surface area contributed by atoms with Crippen LogP contribution in [0, 0.1) is 5.92 Å². The van der Waals surface area contributed by atoms with Crippen molar-refractivity contribution >= 4 is 28.4 Å². The van der Waals surface area contributed by atoms with Gasteiger partial charge in [0.1, 0.15) is 6.33 Å². The Kier molecular flexibility index (Phi) is 4.12. The van der Waals surface area contributed by atoms with Crippen LogP contribution in [0.2, 0.25) is 5.02 Å². The van der Waals surface area contributed by atoms with E-state index in [1.54, 1.807) is 21.6 Å². The smallest absolute Gasteiger partial charge is 0.283 e. The van der Waals surface area contributed by atoms with Gasteiger partial charge in [0.25, 0.3) is 5.56 Å². The summed E-state index contributed by atoms with van der Waals surface area (Å²) in [7, 11) is 0. The van der Waals surface area contributed by atoms with Gasteiger partial charge in [0.05, 0.1) is 6.20 Å². The van der Waals surface area contributed by atoms with Crippen LogP contribution in [0.25, 0.3) is 27.9 Å². The van der Waals surface area contributed by atoms with E-state index in [2.05, 4.69) is 27.2 Å². The van der Waals surface area contributed by atoms with Gasteiger partial charge >= 0.3 is 0 Å². The van der Waals surface area contributed by atoms with Gasteiger partial charge in [-0.1, -0.05) is 43.5 Å². The molecule has 0 radical (unpaired) electrons. The number of rotatable bonds is 2. The Labute approximate surface area is 166 Å². The molecule has 1 aliphatic carbocycles. The second-order valence-electron chi connectivity index (χ2n) is 7.46. The molecule has 8 heteroatoms. The van der Waals surface area contributed by atoms with Crippen LogP contribution in [0.5, 0.6) is 0 Å². The van der Waals surface area contributed by atoms with Crippen molar-refractivity contribution in [2.24, 2.45) is 5.92 Å². The molecule has 4 aromatic rings. The molecule has 5 rings (SSSR count). The fourth-order valence-electron chi connectivity index (χ4n) is 4.16. The predicted molar refractivity (Wildman–Crippen MR) is 107 cm³/mol. The first-order chi connectivity index (χ1) is 13.6. The quantitative estimate of drug-likeness (QED) is 0.515. The van der Waals surface area contributed by atoms with Crippen molar-refractivity contribution in [2.75, 3.05) is 0 Å². The standard InChI is InChI=1S/C20H19ClN6O/c1-12-4-2-3-5-16(12)26-11-22-19-17(20(26)28)24-25-18-15(10-23-27(18)19)13-6-8-14(21)9-7-13/h6-12,16H,2-5H2,1H3. The van der Waals surface area contributed by atoms with E-state index < -0.39 is 0 Å². The summed E-state index contributed by atoms with van der Waals surface area (Å²) in [5.74, 6) is 0.448. The van der Waals surface area contributed by atoms with Gasteiger partial charge in [0.2, 0.25) is 0 Å². The molecule has 0 bridgehead atoms. The normalized spacial score (nSPS) is 20.1. The number of nitrogens with zero attached hydrogens (tertiary/aromatic N) is 6. The van der Waals surface area contributed by atoms with Gasteiger partial charge in [-0.3, -0.25) is 9.36 Å². The minimum Gasteiger partial charge on any atom is -0.294 e.